The quantitative estimate of drug-likeness (QED) is 0.796. The van der Waals surface area contributed by atoms with Gasteiger partial charge in [-0.1, -0.05) is 18.2 Å². The Balaban J connectivity index is 0.00000220. The van der Waals surface area contributed by atoms with Crippen LogP contribution in [0.5, 0.6) is 0 Å². The number of para-hydroxylation sites is 1. The summed E-state index contributed by atoms with van der Waals surface area (Å²) in [4.78, 5) is 13.9. The van der Waals surface area contributed by atoms with E-state index in [9.17, 15) is 4.79 Å². The Morgan fingerprint density at radius 3 is 2.68 bits per heavy atom. The Morgan fingerprint density at radius 2 is 2.05 bits per heavy atom. The maximum Gasteiger partial charge on any atom is 0.220 e. The van der Waals surface area contributed by atoms with Crippen LogP contribution in [0.15, 0.2) is 30.3 Å². The fourth-order valence-electron chi connectivity index (χ4n) is 2.57. The average molecular weight is 348 g/mol. The molecule has 2 rings (SSSR count). The number of likely N-dealkylation sites (N-methyl/N-ethyl adjacent to an activating group) is 1. The van der Waals surface area contributed by atoms with Crippen LogP contribution in [-0.4, -0.2) is 38.6 Å². The molecular formula is C16H27Cl2N3O. The summed E-state index contributed by atoms with van der Waals surface area (Å²) in [6.07, 6.45) is 4.05. The topological polar surface area (TPSA) is 44.4 Å². The van der Waals surface area contributed by atoms with Crippen LogP contribution in [0.3, 0.4) is 0 Å². The van der Waals surface area contributed by atoms with Gasteiger partial charge < -0.3 is 15.5 Å². The Hall–Kier alpha value is -0.970. The number of hydrogen-bond acceptors (Lipinski definition) is 3. The largest absolute Gasteiger partial charge is 0.373 e. The third kappa shape index (κ3) is 7.34. The number of anilines is 1. The number of nitrogens with zero attached hydrogens (tertiary/aromatic N) is 1. The minimum absolute atomic E-state index is 0. The SMILES string of the molecule is CN(CCNC(=O)CCC1CCCN1)c1ccccc1.Cl.Cl. The minimum Gasteiger partial charge on any atom is -0.373 e. The number of amides is 1. The second-order valence-electron chi connectivity index (χ2n) is 5.44. The van der Waals surface area contributed by atoms with Gasteiger partial charge >= 0.3 is 0 Å². The molecule has 1 aliphatic rings. The van der Waals surface area contributed by atoms with Crippen molar-refractivity contribution in [2.24, 2.45) is 0 Å². The van der Waals surface area contributed by atoms with Crippen LogP contribution in [0, 0.1) is 0 Å². The Labute approximate surface area is 145 Å². The zero-order chi connectivity index (χ0) is 14.2. The second kappa shape index (κ2) is 11.6. The maximum atomic E-state index is 11.8. The average Bonchev–Trinajstić information content (AvgIpc) is 2.99. The number of rotatable bonds is 7. The van der Waals surface area contributed by atoms with Gasteiger partial charge in [-0.05, 0) is 37.9 Å². The van der Waals surface area contributed by atoms with Crippen molar-refractivity contribution in [1.29, 1.82) is 0 Å². The van der Waals surface area contributed by atoms with Gasteiger partial charge in [-0.25, -0.2) is 0 Å². The smallest absolute Gasteiger partial charge is 0.220 e. The molecule has 1 fully saturated rings. The highest BCUT2D eigenvalue weighted by molar-refractivity contribution is 5.85. The summed E-state index contributed by atoms with van der Waals surface area (Å²) in [5.74, 6) is 0.167. The predicted octanol–water partition coefficient (Wildman–Crippen LogP) is 2.61. The number of carbonyl (C=O) groups is 1. The fourth-order valence-corrected chi connectivity index (χ4v) is 2.57. The first-order valence-corrected chi connectivity index (χ1v) is 7.52. The molecule has 1 aliphatic heterocycles. The standard InChI is InChI=1S/C16H25N3O.2ClH/c1-19(15-7-3-2-4-8-15)13-12-18-16(20)10-9-14-6-5-11-17-14;;/h2-4,7-8,14,17H,5-6,9-13H2,1H3,(H,18,20);2*1H. The van der Waals surface area contributed by atoms with Gasteiger partial charge in [0.2, 0.25) is 5.91 Å². The van der Waals surface area contributed by atoms with Gasteiger partial charge in [0.05, 0.1) is 0 Å². The van der Waals surface area contributed by atoms with E-state index in [4.69, 9.17) is 0 Å². The van der Waals surface area contributed by atoms with Gasteiger partial charge in [0.25, 0.3) is 0 Å². The molecule has 0 saturated carbocycles. The van der Waals surface area contributed by atoms with E-state index in [1.807, 2.05) is 25.2 Å². The molecule has 1 heterocycles. The van der Waals surface area contributed by atoms with E-state index in [0.717, 1.165) is 19.5 Å². The number of carbonyl (C=O) groups excluding carboxylic acids is 1. The van der Waals surface area contributed by atoms with Crippen molar-refractivity contribution in [3.8, 4) is 0 Å². The van der Waals surface area contributed by atoms with Crippen LogP contribution in [-0.2, 0) is 4.79 Å². The van der Waals surface area contributed by atoms with Gasteiger partial charge in [-0.2, -0.15) is 0 Å². The van der Waals surface area contributed by atoms with Crippen molar-refractivity contribution in [2.45, 2.75) is 31.7 Å². The molecule has 2 N–H and O–H groups in total. The Morgan fingerprint density at radius 1 is 1.32 bits per heavy atom. The molecule has 0 aromatic heterocycles. The van der Waals surface area contributed by atoms with E-state index < -0.39 is 0 Å². The van der Waals surface area contributed by atoms with Gasteiger partial charge in [0.1, 0.15) is 0 Å². The molecule has 1 amide bonds. The summed E-state index contributed by atoms with van der Waals surface area (Å²) in [6, 6.07) is 10.8. The lowest BCUT2D eigenvalue weighted by Crippen LogP contribution is -2.33. The molecule has 0 aliphatic carbocycles. The van der Waals surface area contributed by atoms with E-state index in [1.165, 1.54) is 18.5 Å². The summed E-state index contributed by atoms with van der Waals surface area (Å²) < 4.78 is 0. The zero-order valence-electron chi connectivity index (χ0n) is 13.1. The van der Waals surface area contributed by atoms with Crippen LogP contribution in [0.4, 0.5) is 5.69 Å². The van der Waals surface area contributed by atoms with E-state index in [0.29, 0.717) is 19.0 Å². The molecule has 6 heteroatoms. The molecule has 22 heavy (non-hydrogen) atoms. The highest BCUT2D eigenvalue weighted by Gasteiger charge is 2.14. The van der Waals surface area contributed by atoms with E-state index >= 15 is 0 Å². The summed E-state index contributed by atoms with van der Waals surface area (Å²) in [6.45, 7) is 2.63. The summed E-state index contributed by atoms with van der Waals surface area (Å²) in [5, 5.41) is 6.42. The van der Waals surface area contributed by atoms with Crippen LogP contribution < -0.4 is 15.5 Å². The monoisotopic (exact) mass is 347 g/mol. The van der Waals surface area contributed by atoms with Crippen LogP contribution in [0.25, 0.3) is 0 Å². The van der Waals surface area contributed by atoms with Crippen molar-refractivity contribution in [3.05, 3.63) is 30.3 Å². The first-order chi connectivity index (χ1) is 9.75. The maximum absolute atomic E-state index is 11.8. The molecular weight excluding hydrogens is 321 g/mol. The van der Waals surface area contributed by atoms with Crippen molar-refractivity contribution < 1.29 is 4.79 Å². The van der Waals surface area contributed by atoms with E-state index in [2.05, 4.69) is 27.7 Å². The molecule has 0 spiro atoms. The molecule has 126 valence electrons. The van der Waals surface area contributed by atoms with Gasteiger partial charge in [-0.15, -0.1) is 24.8 Å². The lowest BCUT2D eigenvalue weighted by atomic mass is 10.1. The summed E-state index contributed by atoms with van der Waals surface area (Å²) in [5.41, 5.74) is 1.18. The second-order valence-corrected chi connectivity index (χ2v) is 5.44. The molecule has 1 aromatic carbocycles. The summed E-state index contributed by atoms with van der Waals surface area (Å²) >= 11 is 0. The van der Waals surface area contributed by atoms with Gasteiger partial charge in [-0.3, -0.25) is 4.79 Å². The third-order valence-electron chi connectivity index (χ3n) is 3.85. The Kier molecular flexibility index (Phi) is 11.1. The molecule has 4 nitrogen and oxygen atoms in total. The van der Waals surface area contributed by atoms with Crippen molar-refractivity contribution in [1.82, 2.24) is 10.6 Å². The van der Waals surface area contributed by atoms with Crippen LogP contribution >= 0.6 is 24.8 Å². The third-order valence-corrected chi connectivity index (χ3v) is 3.85. The number of benzene rings is 1. The number of halogens is 2. The van der Waals surface area contributed by atoms with Crippen molar-refractivity contribution in [2.75, 3.05) is 31.6 Å². The molecule has 1 aromatic rings. The van der Waals surface area contributed by atoms with Gasteiger partial charge in [0, 0.05) is 38.3 Å². The molecule has 0 radical (unpaired) electrons. The zero-order valence-corrected chi connectivity index (χ0v) is 14.7. The van der Waals surface area contributed by atoms with Gasteiger partial charge in [0.15, 0.2) is 0 Å². The predicted molar refractivity (Wildman–Crippen MR) is 97.5 cm³/mol. The molecule has 0 bridgehead atoms. The molecule has 1 unspecified atom stereocenters. The lowest BCUT2D eigenvalue weighted by Gasteiger charge is -2.19. The minimum atomic E-state index is 0. The molecule has 1 saturated heterocycles. The number of hydrogen-bond donors (Lipinski definition) is 2. The van der Waals surface area contributed by atoms with E-state index in [1.54, 1.807) is 0 Å². The first kappa shape index (κ1) is 21.0. The highest BCUT2D eigenvalue weighted by Crippen LogP contribution is 2.11. The van der Waals surface area contributed by atoms with Crippen molar-refractivity contribution in [3.63, 3.8) is 0 Å². The normalized spacial score (nSPS) is 16.3. The first-order valence-electron chi connectivity index (χ1n) is 7.52. The Bertz CT molecular complexity index is 411. The fraction of sp³-hybridized carbons (Fsp3) is 0.562. The number of nitrogens with one attached hydrogen (secondary N) is 2. The summed E-state index contributed by atoms with van der Waals surface area (Å²) in [7, 11) is 2.05. The van der Waals surface area contributed by atoms with Crippen LogP contribution in [0.2, 0.25) is 0 Å². The van der Waals surface area contributed by atoms with E-state index in [-0.39, 0.29) is 30.7 Å². The van der Waals surface area contributed by atoms with Crippen LogP contribution in [0.1, 0.15) is 25.7 Å². The van der Waals surface area contributed by atoms with Crippen molar-refractivity contribution >= 4 is 36.4 Å². The molecule has 1 atom stereocenters. The highest BCUT2D eigenvalue weighted by atomic mass is 35.5. The lowest BCUT2D eigenvalue weighted by molar-refractivity contribution is -0.121.